The molecule has 69 heavy (non-hydrogen) atoms. The highest BCUT2D eigenvalue weighted by Gasteiger charge is 2.46. The van der Waals surface area contributed by atoms with Gasteiger partial charge in [-0.2, -0.15) is 0 Å². The maximum Gasteiger partial charge on any atom is 0.330 e. The lowest BCUT2D eigenvalue weighted by atomic mass is 9.79. The van der Waals surface area contributed by atoms with Crippen molar-refractivity contribution in [3.8, 4) is 0 Å². The largest absolute Gasteiger partial charge is 0.458 e. The van der Waals surface area contributed by atoms with E-state index < -0.39 is 42.5 Å². The Balaban J connectivity index is 1.07. The molecule has 14 atom stereocenters. The van der Waals surface area contributed by atoms with Crippen molar-refractivity contribution in [3.05, 3.63) is 107 Å². The summed E-state index contributed by atoms with van der Waals surface area (Å²) in [5, 5.41) is 11.4. The number of methoxy groups -OCH3 is 3. The summed E-state index contributed by atoms with van der Waals surface area (Å²) in [5.74, 6) is -1.18. The first-order valence-electron chi connectivity index (χ1n) is 24.2. The molecule has 0 aliphatic carbocycles. The number of halogens is 1. The standard InChI is InChI=1S/C53H71ClN2O13/c1-32(17-18-38(59-6)13-11-20-54)24-44(57)46-27-42(60-7)28-53(61-8,69-46)29-48-55-37(30-63-48)25-34(3)50-36(5)51-35(4)45(67-50)14-10-15-47-56-43(31-64-47)52-62-21-19-40(66-52)26-41-23-33(2)22-39(65-41)12-9-16-49(58)68-51/h9-11,15-18,20,24-25,30-31,35-36,38-42,44-46,50-52,57H,2,12-14,19,21-23,26-29H2,1,3-8H3/b15-10+,16-9-,18-17+,20-11+,32-24+,34-25+/t35-,36-,38+,39-,40-,41+,42+,44+,45+,46+,50-,51-,52-,53-/m0/s1. The van der Waals surface area contributed by atoms with Crippen molar-refractivity contribution in [2.24, 2.45) is 11.8 Å². The van der Waals surface area contributed by atoms with E-state index >= 15 is 0 Å². The number of hydrogen-bond donors (Lipinski definition) is 1. The minimum absolute atomic E-state index is 0.0560. The molecule has 4 saturated heterocycles. The van der Waals surface area contributed by atoms with Crippen LogP contribution in [0.1, 0.15) is 115 Å². The SMILES string of the molecule is C=C1C[C@@H]2C[C@@H]3CCO[C@@H](O3)c3coc(n3)/C=C/C[C@H]3O[C@@H](/C(C)=C/c4coc(C[C@]5(OC)C[C@H](OC)C[C@H]([C@H](O)/C=C(C)/C=C/[C@@H](C/C=C/Cl)OC)O5)n4)[C@H](C)[C@@H](OC(=O)/C=C\C[C@@H](C1)O2)[C@H]3C. The zero-order chi connectivity index (χ0) is 49.1. The van der Waals surface area contributed by atoms with Crippen molar-refractivity contribution in [1.29, 1.82) is 0 Å². The number of aromatic nitrogens is 2. The predicted molar refractivity (Wildman–Crippen MR) is 258 cm³/mol. The summed E-state index contributed by atoms with van der Waals surface area (Å²) in [4.78, 5) is 23.1. The molecule has 2 aromatic heterocycles. The molecule has 0 radical (unpaired) electrons. The van der Waals surface area contributed by atoms with E-state index in [4.69, 9.17) is 68.1 Å². The third-order valence-corrected chi connectivity index (χ3v) is 14.0. The van der Waals surface area contributed by atoms with E-state index in [0.29, 0.717) is 68.3 Å². The first-order valence-corrected chi connectivity index (χ1v) is 24.7. The summed E-state index contributed by atoms with van der Waals surface area (Å²) >= 11 is 5.70. The van der Waals surface area contributed by atoms with Crippen molar-refractivity contribution in [2.45, 2.75) is 165 Å². The van der Waals surface area contributed by atoms with Crippen molar-refractivity contribution in [3.63, 3.8) is 0 Å². The van der Waals surface area contributed by atoms with Crippen LogP contribution in [0.5, 0.6) is 0 Å². The lowest BCUT2D eigenvalue weighted by molar-refractivity contribution is -0.298. The quantitative estimate of drug-likeness (QED) is 0.114. The number of aliphatic hydroxyl groups is 1. The number of nitrogens with zero attached hydrogens (tertiary/aromatic N) is 2. The summed E-state index contributed by atoms with van der Waals surface area (Å²) in [6, 6.07) is 0. The molecule has 4 fully saturated rings. The van der Waals surface area contributed by atoms with Crippen molar-refractivity contribution in [2.75, 3.05) is 27.9 Å². The number of carbonyl (C=O) groups excluding carboxylic acids is 1. The first kappa shape index (κ1) is 52.8. The second-order valence-electron chi connectivity index (χ2n) is 19.1. The van der Waals surface area contributed by atoms with Crippen LogP contribution in [-0.2, 0) is 53.8 Å². The Bertz CT molecular complexity index is 2190. The van der Waals surface area contributed by atoms with E-state index in [0.717, 1.165) is 36.0 Å². The molecule has 5 aliphatic rings. The van der Waals surface area contributed by atoms with Gasteiger partial charge in [-0.05, 0) is 70.1 Å². The molecule has 7 rings (SSSR count). The molecule has 7 heterocycles. The molecule has 0 saturated carbocycles. The van der Waals surface area contributed by atoms with Gasteiger partial charge in [-0.15, -0.1) is 0 Å². The first-order chi connectivity index (χ1) is 33.3. The fourth-order valence-corrected chi connectivity index (χ4v) is 10.2. The number of hydrogen-bond acceptors (Lipinski definition) is 15. The van der Waals surface area contributed by atoms with Gasteiger partial charge in [0.2, 0.25) is 12.2 Å². The Morgan fingerprint density at radius 3 is 2.59 bits per heavy atom. The summed E-state index contributed by atoms with van der Waals surface area (Å²) in [5.41, 5.74) is 5.44. The Hall–Kier alpha value is -4.00. The number of aliphatic hydroxyl groups excluding tert-OH is 1. The molecule has 8 bridgehead atoms. The smallest absolute Gasteiger partial charge is 0.330 e. The molecule has 5 aliphatic heterocycles. The monoisotopic (exact) mass is 978 g/mol. The van der Waals surface area contributed by atoms with Gasteiger partial charge in [0.05, 0.1) is 68.0 Å². The van der Waals surface area contributed by atoms with Crippen LogP contribution in [0.2, 0.25) is 0 Å². The second-order valence-corrected chi connectivity index (χ2v) is 19.3. The molecule has 378 valence electrons. The zero-order valence-corrected chi connectivity index (χ0v) is 41.8. The topological polar surface area (TPSA) is 172 Å². The van der Waals surface area contributed by atoms with E-state index in [1.165, 1.54) is 11.6 Å². The van der Waals surface area contributed by atoms with Crippen LogP contribution in [0.25, 0.3) is 12.2 Å². The third-order valence-electron chi connectivity index (χ3n) is 13.8. The average Bonchev–Trinajstić information content (AvgIpc) is 4.00. The van der Waals surface area contributed by atoms with E-state index in [9.17, 15) is 9.90 Å². The van der Waals surface area contributed by atoms with Gasteiger partial charge in [-0.3, -0.25) is 0 Å². The minimum Gasteiger partial charge on any atom is -0.458 e. The number of oxazole rings is 2. The van der Waals surface area contributed by atoms with Gasteiger partial charge >= 0.3 is 5.97 Å². The predicted octanol–water partition coefficient (Wildman–Crippen LogP) is 9.48. The lowest BCUT2D eigenvalue weighted by Crippen LogP contribution is -2.52. The van der Waals surface area contributed by atoms with Gasteiger partial charge < -0.3 is 56.6 Å². The fourth-order valence-electron chi connectivity index (χ4n) is 10.1. The van der Waals surface area contributed by atoms with Crippen molar-refractivity contribution < 1.29 is 61.4 Å². The van der Waals surface area contributed by atoms with Crippen LogP contribution in [0.3, 0.4) is 0 Å². The summed E-state index contributed by atoms with van der Waals surface area (Å²) in [6.45, 7) is 12.8. The van der Waals surface area contributed by atoms with E-state index in [1.54, 1.807) is 39.9 Å². The third kappa shape index (κ3) is 14.3. The van der Waals surface area contributed by atoms with Crippen LogP contribution in [-0.4, -0.2) is 116 Å². The van der Waals surface area contributed by atoms with Crippen LogP contribution in [0.4, 0.5) is 0 Å². The van der Waals surface area contributed by atoms with Gasteiger partial charge in [0, 0.05) is 64.0 Å². The van der Waals surface area contributed by atoms with E-state index in [2.05, 4.69) is 18.5 Å². The van der Waals surface area contributed by atoms with Crippen LogP contribution < -0.4 is 0 Å². The minimum atomic E-state index is -1.19. The number of esters is 1. The van der Waals surface area contributed by atoms with Crippen LogP contribution in [0.15, 0.2) is 92.7 Å². The summed E-state index contributed by atoms with van der Waals surface area (Å²) < 4.78 is 67.8. The molecule has 0 amide bonds. The lowest BCUT2D eigenvalue weighted by Gasteiger charge is -2.44. The highest BCUT2D eigenvalue weighted by Crippen LogP contribution is 2.40. The van der Waals surface area contributed by atoms with Crippen LogP contribution in [0, 0.1) is 11.8 Å². The van der Waals surface area contributed by atoms with E-state index in [-0.39, 0.29) is 54.9 Å². The molecule has 0 unspecified atom stereocenters. The Kier molecular flexibility index (Phi) is 19.1. The number of rotatable bonds is 13. The van der Waals surface area contributed by atoms with Gasteiger partial charge in [0.25, 0.3) is 0 Å². The number of fused-ring (bicyclic) bond motifs is 9. The maximum absolute atomic E-state index is 13.6. The zero-order valence-electron chi connectivity index (χ0n) is 41.0. The molecule has 2 aromatic rings. The van der Waals surface area contributed by atoms with Gasteiger partial charge in [-0.25, -0.2) is 14.8 Å². The second kappa shape index (κ2) is 24.9. The Labute approximate surface area is 411 Å². The summed E-state index contributed by atoms with van der Waals surface area (Å²) in [6.07, 6.45) is 21.1. The number of carbonyl (C=O) groups is 1. The molecular weight excluding hydrogens is 908 g/mol. The Morgan fingerprint density at radius 1 is 1.00 bits per heavy atom. The summed E-state index contributed by atoms with van der Waals surface area (Å²) in [7, 11) is 4.85. The van der Waals surface area contributed by atoms with Gasteiger partial charge in [0.1, 0.15) is 30.0 Å². The molecule has 0 spiro atoms. The molecule has 15 nitrogen and oxygen atoms in total. The highest BCUT2D eigenvalue weighted by atomic mass is 35.5. The molecular formula is C53H71ClN2O13. The van der Waals surface area contributed by atoms with Crippen molar-refractivity contribution in [1.82, 2.24) is 9.97 Å². The average molecular weight is 980 g/mol. The molecule has 0 aromatic carbocycles. The number of allylic oxidation sites excluding steroid dienone is 2. The normalized spacial score (nSPS) is 35.1. The fraction of sp³-hybridized carbons (Fsp3) is 0.604. The van der Waals surface area contributed by atoms with Crippen molar-refractivity contribution >= 4 is 29.7 Å². The molecule has 16 heteroatoms. The molecule has 1 N–H and O–H groups in total. The highest BCUT2D eigenvalue weighted by molar-refractivity contribution is 6.25. The van der Waals surface area contributed by atoms with Crippen LogP contribution >= 0.6 is 11.6 Å². The van der Waals surface area contributed by atoms with Gasteiger partial charge in [-0.1, -0.05) is 79.6 Å². The number of ether oxygens (including phenoxy) is 9. The van der Waals surface area contributed by atoms with Gasteiger partial charge in [0.15, 0.2) is 11.7 Å². The maximum atomic E-state index is 13.6. The Morgan fingerprint density at radius 2 is 1.81 bits per heavy atom. The van der Waals surface area contributed by atoms with E-state index in [1.807, 2.05) is 63.3 Å².